The average Bonchev–Trinajstić information content (AvgIpc) is 1.89. The molecule has 0 aromatic rings. The van der Waals surface area contributed by atoms with Crippen LogP contribution in [0.4, 0.5) is 0 Å². The molecule has 0 unspecified atom stereocenters. The van der Waals surface area contributed by atoms with Crippen molar-refractivity contribution in [2.75, 3.05) is 13.6 Å². The van der Waals surface area contributed by atoms with Crippen molar-refractivity contribution in [2.45, 2.75) is 6.92 Å². The van der Waals surface area contributed by atoms with Gasteiger partial charge < -0.3 is 5.32 Å². The normalized spacial score (nSPS) is 12.4. The summed E-state index contributed by atoms with van der Waals surface area (Å²) in [5.74, 6) is 0. The lowest BCUT2D eigenvalue weighted by atomic mass is 10.3. The van der Waals surface area contributed by atoms with E-state index in [9.17, 15) is 0 Å². The maximum atomic E-state index is 3.57. The van der Waals surface area contributed by atoms with Gasteiger partial charge >= 0.3 is 0 Å². The first-order valence-corrected chi connectivity index (χ1v) is 3.40. The van der Waals surface area contributed by atoms with Crippen LogP contribution < -0.4 is 5.32 Å². The van der Waals surface area contributed by atoms with Gasteiger partial charge in [0.1, 0.15) is 0 Å². The highest BCUT2D eigenvalue weighted by atomic mass is 14.8. The van der Waals surface area contributed by atoms with E-state index in [1.54, 1.807) is 6.08 Å². The Morgan fingerprint density at radius 2 is 2.20 bits per heavy atom. The fourth-order valence-corrected chi connectivity index (χ4v) is 0.636. The van der Waals surface area contributed by atoms with Gasteiger partial charge in [-0.05, 0) is 14.0 Å². The van der Waals surface area contributed by atoms with Gasteiger partial charge in [-0.1, -0.05) is 36.5 Å². The Labute approximate surface area is 63.1 Å². The zero-order valence-corrected chi connectivity index (χ0v) is 6.72. The molecule has 0 aromatic carbocycles. The van der Waals surface area contributed by atoms with E-state index in [4.69, 9.17) is 0 Å². The minimum absolute atomic E-state index is 0.946. The van der Waals surface area contributed by atoms with Crippen LogP contribution in [0.2, 0.25) is 0 Å². The molecule has 0 aromatic heterocycles. The first-order valence-electron chi connectivity index (χ1n) is 3.40. The largest absolute Gasteiger partial charge is 0.316 e. The van der Waals surface area contributed by atoms with Gasteiger partial charge in [-0.2, -0.15) is 0 Å². The van der Waals surface area contributed by atoms with Crippen LogP contribution in [0.15, 0.2) is 36.5 Å². The maximum absolute atomic E-state index is 3.57. The molecule has 0 rings (SSSR count). The Balaban J connectivity index is 3.67. The Bertz CT molecular complexity index is 143. The lowest BCUT2D eigenvalue weighted by Crippen LogP contribution is -2.08. The molecule has 1 nitrogen and oxygen atoms in total. The van der Waals surface area contributed by atoms with Gasteiger partial charge in [0.05, 0.1) is 0 Å². The summed E-state index contributed by atoms with van der Waals surface area (Å²) in [7, 11) is 1.94. The number of likely N-dealkylation sites (N-methyl/N-ethyl adjacent to an activating group) is 1. The van der Waals surface area contributed by atoms with E-state index in [1.165, 1.54) is 5.57 Å². The highest BCUT2D eigenvalue weighted by Gasteiger charge is 1.80. The molecule has 0 saturated heterocycles. The SMILES string of the molecule is C=C/C=C\C=C(/C)CNC. The van der Waals surface area contributed by atoms with Crippen molar-refractivity contribution < 1.29 is 0 Å². The van der Waals surface area contributed by atoms with Gasteiger partial charge in [0.2, 0.25) is 0 Å². The third-order valence-electron chi connectivity index (χ3n) is 1.08. The number of rotatable bonds is 4. The highest BCUT2D eigenvalue weighted by Crippen LogP contribution is 1.89. The molecule has 0 radical (unpaired) electrons. The van der Waals surface area contributed by atoms with E-state index >= 15 is 0 Å². The molecule has 0 amide bonds. The molecule has 10 heavy (non-hydrogen) atoms. The van der Waals surface area contributed by atoms with Gasteiger partial charge in [0.25, 0.3) is 0 Å². The highest BCUT2D eigenvalue weighted by molar-refractivity contribution is 5.14. The molecule has 56 valence electrons. The second kappa shape index (κ2) is 6.30. The van der Waals surface area contributed by atoms with Crippen LogP contribution in [0.3, 0.4) is 0 Å². The second-order valence-electron chi connectivity index (χ2n) is 2.16. The van der Waals surface area contributed by atoms with E-state index < -0.39 is 0 Å². The van der Waals surface area contributed by atoms with E-state index in [2.05, 4.69) is 24.9 Å². The van der Waals surface area contributed by atoms with Crippen LogP contribution in [0.25, 0.3) is 0 Å². The summed E-state index contributed by atoms with van der Waals surface area (Å²) in [6.45, 7) is 6.60. The zero-order valence-electron chi connectivity index (χ0n) is 6.72. The molecule has 0 fully saturated rings. The minimum Gasteiger partial charge on any atom is -0.316 e. The summed E-state index contributed by atoms with van der Waals surface area (Å²) in [5.41, 5.74) is 1.32. The van der Waals surface area contributed by atoms with Crippen LogP contribution in [0.1, 0.15) is 6.92 Å². The predicted molar refractivity (Wildman–Crippen MR) is 47.0 cm³/mol. The quantitative estimate of drug-likeness (QED) is 0.583. The Morgan fingerprint density at radius 1 is 1.50 bits per heavy atom. The number of hydrogen-bond donors (Lipinski definition) is 1. The molecule has 1 N–H and O–H groups in total. The lowest BCUT2D eigenvalue weighted by molar-refractivity contribution is 0.880. The molecular weight excluding hydrogens is 122 g/mol. The van der Waals surface area contributed by atoms with Gasteiger partial charge in [-0.25, -0.2) is 0 Å². The van der Waals surface area contributed by atoms with Crippen molar-refractivity contribution in [1.29, 1.82) is 0 Å². The maximum Gasteiger partial charge on any atom is 0.0161 e. The molecule has 0 atom stereocenters. The van der Waals surface area contributed by atoms with Crippen LogP contribution in [-0.2, 0) is 0 Å². The molecule has 0 aliphatic heterocycles. The van der Waals surface area contributed by atoms with Crippen molar-refractivity contribution in [3.8, 4) is 0 Å². The standard InChI is InChI=1S/C9H15N/c1-4-5-6-7-9(2)8-10-3/h4-7,10H,1,8H2,2-3H3/b6-5-,9-7+. The molecule has 0 heterocycles. The Kier molecular flexibility index (Phi) is 5.79. The van der Waals surface area contributed by atoms with Crippen LogP contribution >= 0.6 is 0 Å². The lowest BCUT2D eigenvalue weighted by Gasteiger charge is -1.94. The van der Waals surface area contributed by atoms with E-state index in [-0.39, 0.29) is 0 Å². The zero-order chi connectivity index (χ0) is 7.82. The fraction of sp³-hybridized carbons (Fsp3) is 0.333. The second-order valence-corrected chi connectivity index (χ2v) is 2.16. The molecule has 0 saturated carbocycles. The van der Waals surface area contributed by atoms with Crippen LogP contribution in [0, 0.1) is 0 Å². The molecule has 0 aliphatic rings. The van der Waals surface area contributed by atoms with Gasteiger partial charge in [0, 0.05) is 6.54 Å². The number of hydrogen-bond acceptors (Lipinski definition) is 1. The monoisotopic (exact) mass is 137 g/mol. The average molecular weight is 137 g/mol. The summed E-state index contributed by atoms with van der Waals surface area (Å²) < 4.78 is 0. The predicted octanol–water partition coefficient (Wildman–Crippen LogP) is 1.89. The van der Waals surface area contributed by atoms with Crippen molar-refractivity contribution in [3.63, 3.8) is 0 Å². The first kappa shape index (κ1) is 9.18. The Morgan fingerprint density at radius 3 is 2.70 bits per heavy atom. The summed E-state index contributed by atoms with van der Waals surface area (Å²) >= 11 is 0. The van der Waals surface area contributed by atoms with Crippen molar-refractivity contribution >= 4 is 0 Å². The number of allylic oxidation sites excluding steroid dienone is 4. The molecule has 0 bridgehead atoms. The van der Waals surface area contributed by atoms with Crippen LogP contribution in [-0.4, -0.2) is 13.6 Å². The van der Waals surface area contributed by atoms with E-state index in [1.807, 2.05) is 19.2 Å². The van der Waals surface area contributed by atoms with Crippen LogP contribution in [0.5, 0.6) is 0 Å². The summed E-state index contributed by atoms with van der Waals surface area (Å²) in [6, 6.07) is 0. The Hall–Kier alpha value is -0.820. The van der Waals surface area contributed by atoms with Gasteiger partial charge in [-0.3, -0.25) is 0 Å². The van der Waals surface area contributed by atoms with Crippen molar-refractivity contribution in [2.24, 2.45) is 0 Å². The number of nitrogens with one attached hydrogen (secondary N) is 1. The third kappa shape index (κ3) is 5.32. The van der Waals surface area contributed by atoms with Gasteiger partial charge in [0.15, 0.2) is 0 Å². The molecular formula is C9H15N. The summed E-state index contributed by atoms with van der Waals surface area (Å²) in [4.78, 5) is 0. The van der Waals surface area contributed by atoms with E-state index in [0.29, 0.717) is 0 Å². The smallest absolute Gasteiger partial charge is 0.0161 e. The first-order chi connectivity index (χ1) is 4.81. The third-order valence-corrected chi connectivity index (χ3v) is 1.08. The molecule has 0 aliphatic carbocycles. The molecule has 0 spiro atoms. The van der Waals surface area contributed by atoms with E-state index in [0.717, 1.165) is 6.54 Å². The van der Waals surface area contributed by atoms with Gasteiger partial charge in [-0.15, -0.1) is 0 Å². The summed E-state index contributed by atoms with van der Waals surface area (Å²) in [5, 5.41) is 3.07. The topological polar surface area (TPSA) is 12.0 Å². The fourth-order valence-electron chi connectivity index (χ4n) is 0.636. The van der Waals surface area contributed by atoms with Crippen molar-refractivity contribution in [3.05, 3.63) is 36.5 Å². The minimum atomic E-state index is 0.946. The summed E-state index contributed by atoms with van der Waals surface area (Å²) in [6.07, 6.45) is 7.74. The molecule has 1 heteroatoms. The van der Waals surface area contributed by atoms with Crippen molar-refractivity contribution in [1.82, 2.24) is 5.32 Å².